The van der Waals surface area contributed by atoms with Crippen LogP contribution in [0.1, 0.15) is 17.4 Å². The molecule has 2 amide bonds. The molecule has 1 saturated heterocycles. The Labute approximate surface area is 169 Å². The summed E-state index contributed by atoms with van der Waals surface area (Å²) in [4.78, 5) is 39.5. The molecule has 0 unspecified atom stereocenters. The van der Waals surface area contributed by atoms with E-state index in [0.29, 0.717) is 16.9 Å². The summed E-state index contributed by atoms with van der Waals surface area (Å²) in [6.45, 7) is 1.74. The summed E-state index contributed by atoms with van der Waals surface area (Å²) in [7, 11) is 0. The SMILES string of the molecule is CC(=O)NC[C@H]1CN(c2ccc(-c3ccc4nc(C(=O)O)cn4c3)c(F)c2)C(=O)O1. The molecule has 10 heteroatoms. The van der Waals surface area contributed by atoms with E-state index in [1.54, 1.807) is 24.4 Å². The predicted octanol–water partition coefficient (Wildman–Crippen LogP) is 2.30. The number of nitrogens with zero attached hydrogens (tertiary/aromatic N) is 3. The number of amides is 2. The van der Waals surface area contributed by atoms with Crippen LogP contribution in [-0.4, -0.2) is 51.7 Å². The Bertz CT molecular complexity index is 1180. The lowest BCUT2D eigenvalue weighted by Crippen LogP contribution is -2.33. The number of anilines is 1. The standard InChI is InChI=1S/C20H17FN4O5/c1-11(26)22-7-14-9-25(20(29)30-14)13-3-4-15(16(21)6-13)12-2-5-18-23-17(19(27)28)10-24(18)8-12/h2-6,8,10,14H,7,9H2,1H3,(H,22,26)(H,27,28)/t14-/m0/s1. The monoisotopic (exact) mass is 412 g/mol. The van der Waals surface area contributed by atoms with Crippen molar-refractivity contribution in [1.29, 1.82) is 0 Å². The first kappa shape index (κ1) is 19.4. The van der Waals surface area contributed by atoms with Gasteiger partial charge in [-0.25, -0.2) is 19.0 Å². The van der Waals surface area contributed by atoms with Crippen LogP contribution < -0.4 is 10.2 Å². The van der Waals surface area contributed by atoms with Crippen LogP contribution in [0.25, 0.3) is 16.8 Å². The number of aromatic nitrogens is 2. The normalized spacial score (nSPS) is 16.0. The smallest absolute Gasteiger partial charge is 0.414 e. The number of fused-ring (bicyclic) bond motifs is 1. The number of hydrogen-bond acceptors (Lipinski definition) is 5. The van der Waals surface area contributed by atoms with E-state index in [9.17, 15) is 18.8 Å². The lowest BCUT2D eigenvalue weighted by molar-refractivity contribution is -0.119. The largest absolute Gasteiger partial charge is 0.476 e. The third kappa shape index (κ3) is 3.66. The van der Waals surface area contributed by atoms with Gasteiger partial charge < -0.3 is 19.6 Å². The highest BCUT2D eigenvalue weighted by Crippen LogP contribution is 2.29. The molecule has 30 heavy (non-hydrogen) atoms. The van der Waals surface area contributed by atoms with Gasteiger partial charge in [0.2, 0.25) is 5.91 Å². The fourth-order valence-electron chi connectivity index (χ4n) is 3.26. The second-order valence-electron chi connectivity index (χ2n) is 6.83. The number of imidazole rings is 1. The molecule has 0 saturated carbocycles. The predicted molar refractivity (Wildman–Crippen MR) is 104 cm³/mol. The van der Waals surface area contributed by atoms with E-state index in [1.165, 1.54) is 34.6 Å². The Balaban J connectivity index is 1.57. The third-order valence-corrected chi connectivity index (χ3v) is 4.70. The number of carbonyl (C=O) groups excluding carboxylic acids is 2. The maximum Gasteiger partial charge on any atom is 0.414 e. The fraction of sp³-hybridized carbons (Fsp3) is 0.200. The van der Waals surface area contributed by atoms with Crippen LogP contribution in [0.15, 0.2) is 42.7 Å². The second-order valence-corrected chi connectivity index (χ2v) is 6.83. The summed E-state index contributed by atoms with van der Waals surface area (Å²) in [6.07, 6.45) is 1.80. The van der Waals surface area contributed by atoms with Gasteiger partial charge in [-0.1, -0.05) is 0 Å². The number of carboxylic acids is 1. The van der Waals surface area contributed by atoms with Gasteiger partial charge in [0.1, 0.15) is 17.6 Å². The van der Waals surface area contributed by atoms with Crippen LogP contribution in [0.5, 0.6) is 0 Å². The Morgan fingerprint density at radius 3 is 2.80 bits per heavy atom. The number of carbonyl (C=O) groups is 3. The third-order valence-electron chi connectivity index (χ3n) is 4.70. The first-order chi connectivity index (χ1) is 14.3. The van der Waals surface area contributed by atoms with Crippen molar-refractivity contribution < 1.29 is 28.6 Å². The molecule has 0 radical (unpaired) electrons. The number of nitrogens with one attached hydrogen (secondary N) is 1. The Kier molecular flexibility index (Phi) is 4.82. The molecule has 3 heterocycles. The summed E-state index contributed by atoms with van der Waals surface area (Å²) in [6, 6.07) is 7.61. The summed E-state index contributed by atoms with van der Waals surface area (Å²) in [5.74, 6) is -1.93. The molecule has 1 atom stereocenters. The van der Waals surface area contributed by atoms with Crippen LogP contribution in [0.3, 0.4) is 0 Å². The summed E-state index contributed by atoms with van der Waals surface area (Å²) >= 11 is 0. The van der Waals surface area contributed by atoms with Crippen molar-refractivity contribution in [1.82, 2.24) is 14.7 Å². The van der Waals surface area contributed by atoms with E-state index >= 15 is 0 Å². The van der Waals surface area contributed by atoms with Gasteiger partial charge >= 0.3 is 12.1 Å². The highest BCUT2D eigenvalue weighted by atomic mass is 19.1. The highest BCUT2D eigenvalue weighted by Gasteiger charge is 2.32. The van der Waals surface area contributed by atoms with Gasteiger partial charge in [-0.05, 0) is 30.3 Å². The number of cyclic esters (lactones) is 1. The van der Waals surface area contributed by atoms with Crippen LogP contribution in [0.2, 0.25) is 0 Å². The number of rotatable bonds is 5. The molecular weight excluding hydrogens is 395 g/mol. The zero-order chi connectivity index (χ0) is 21.4. The van der Waals surface area contributed by atoms with Gasteiger partial charge in [-0.2, -0.15) is 0 Å². The lowest BCUT2D eigenvalue weighted by Gasteiger charge is -2.14. The Hall–Kier alpha value is -3.95. The van der Waals surface area contributed by atoms with Crippen LogP contribution >= 0.6 is 0 Å². The van der Waals surface area contributed by atoms with Crippen LogP contribution in [0.4, 0.5) is 14.9 Å². The maximum atomic E-state index is 14.8. The molecule has 0 spiro atoms. The number of pyridine rings is 1. The minimum absolute atomic E-state index is 0.107. The Morgan fingerprint density at radius 2 is 2.10 bits per heavy atom. The number of ether oxygens (including phenoxy) is 1. The van der Waals surface area contributed by atoms with E-state index in [1.807, 2.05) is 0 Å². The minimum Gasteiger partial charge on any atom is -0.476 e. The molecule has 2 aromatic heterocycles. The van der Waals surface area contributed by atoms with Crippen molar-refractivity contribution in [2.75, 3.05) is 18.0 Å². The molecule has 1 fully saturated rings. The first-order valence-corrected chi connectivity index (χ1v) is 9.06. The first-order valence-electron chi connectivity index (χ1n) is 9.06. The summed E-state index contributed by atoms with van der Waals surface area (Å²) < 4.78 is 21.6. The quantitative estimate of drug-likeness (QED) is 0.665. The molecule has 9 nitrogen and oxygen atoms in total. The number of benzene rings is 1. The van der Waals surface area contributed by atoms with E-state index in [-0.39, 0.29) is 30.3 Å². The second kappa shape index (κ2) is 7.47. The zero-order valence-electron chi connectivity index (χ0n) is 15.8. The van der Waals surface area contributed by atoms with E-state index < -0.39 is 24.0 Å². The highest BCUT2D eigenvalue weighted by molar-refractivity contribution is 5.90. The number of aromatic carboxylic acids is 1. The van der Waals surface area contributed by atoms with Crippen molar-refractivity contribution in [3.63, 3.8) is 0 Å². The van der Waals surface area contributed by atoms with Gasteiger partial charge in [-0.3, -0.25) is 9.69 Å². The zero-order valence-corrected chi connectivity index (χ0v) is 15.8. The molecular formula is C20H17FN4O5. The van der Waals surface area contributed by atoms with Gasteiger partial charge in [0.05, 0.1) is 18.8 Å². The van der Waals surface area contributed by atoms with E-state index in [2.05, 4.69) is 10.3 Å². The average Bonchev–Trinajstić information content (AvgIpc) is 3.29. The maximum absolute atomic E-state index is 14.8. The molecule has 4 rings (SSSR count). The number of carboxylic acid groups (broad SMARTS) is 1. The molecule has 0 aliphatic carbocycles. The van der Waals surface area contributed by atoms with E-state index in [4.69, 9.17) is 9.84 Å². The number of hydrogen-bond donors (Lipinski definition) is 2. The van der Waals surface area contributed by atoms with Gasteiger partial charge in [0.25, 0.3) is 0 Å². The Morgan fingerprint density at radius 1 is 1.30 bits per heavy atom. The van der Waals surface area contributed by atoms with Crippen molar-refractivity contribution in [3.8, 4) is 11.1 Å². The molecule has 0 bridgehead atoms. The van der Waals surface area contributed by atoms with Gasteiger partial charge in [-0.15, -0.1) is 0 Å². The minimum atomic E-state index is -1.15. The lowest BCUT2D eigenvalue weighted by atomic mass is 10.1. The van der Waals surface area contributed by atoms with Crippen LogP contribution in [0, 0.1) is 5.82 Å². The van der Waals surface area contributed by atoms with Crippen molar-refractivity contribution in [2.45, 2.75) is 13.0 Å². The molecule has 154 valence electrons. The molecule has 2 N–H and O–H groups in total. The van der Waals surface area contributed by atoms with E-state index in [0.717, 1.165) is 0 Å². The topological polar surface area (TPSA) is 113 Å². The van der Waals surface area contributed by atoms with Gasteiger partial charge in [0, 0.05) is 30.4 Å². The average molecular weight is 412 g/mol. The van der Waals surface area contributed by atoms with Crippen molar-refractivity contribution >= 4 is 29.3 Å². The molecule has 1 aliphatic heterocycles. The van der Waals surface area contributed by atoms with Gasteiger partial charge in [0.15, 0.2) is 5.69 Å². The molecule has 3 aromatic rings. The number of halogens is 1. The summed E-state index contributed by atoms with van der Waals surface area (Å²) in [5.41, 5.74) is 1.47. The van der Waals surface area contributed by atoms with Crippen LogP contribution in [-0.2, 0) is 9.53 Å². The summed E-state index contributed by atoms with van der Waals surface area (Å²) in [5, 5.41) is 11.6. The molecule has 1 aromatic carbocycles. The molecule has 1 aliphatic rings. The van der Waals surface area contributed by atoms with Crippen molar-refractivity contribution in [2.24, 2.45) is 0 Å². The fourth-order valence-corrected chi connectivity index (χ4v) is 3.26. The van der Waals surface area contributed by atoms with Crippen molar-refractivity contribution in [3.05, 3.63) is 54.2 Å².